The summed E-state index contributed by atoms with van der Waals surface area (Å²) in [6.45, 7) is 5.55. The van der Waals surface area contributed by atoms with Crippen molar-refractivity contribution in [1.29, 1.82) is 0 Å². The third-order valence-corrected chi connectivity index (χ3v) is 3.89. The second-order valence-electron chi connectivity index (χ2n) is 5.44. The van der Waals surface area contributed by atoms with Gasteiger partial charge in [-0.3, -0.25) is 0 Å². The van der Waals surface area contributed by atoms with Crippen molar-refractivity contribution in [2.75, 3.05) is 16.9 Å². The molecule has 2 unspecified atom stereocenters. The monoisotopic (exact) mass is 260 g/mol. The number of hydrogen-bond donors (Lipinski definition) is 2. The lowest BCUT2D eigenvalue weighted by molar-refractivity contribution is 0.388. The van der Waals surface area contributed by atoms with Crippen LogP contribution in [0.2, 0.25) is 0 Å². The Morgan fingerprint density at radius 3 is 3.00 bits per heavy atom. The Morgan fingerprint density at radius 2 is 2.21 bits per heavy atom. The van der Waals surface area contributed by atoms with Gasteiger partial charge in [-0.05, 0) is 25.7 Å². The van der Waals surface area contributed by atoms with Crippen molar-refractivity contribution in [2.24, 2.45) is 11.8 Å². The van der Waals surface area contributed by atoms with Crippen LogP contribution < -0.4 is 16.2 Å². The number of hydrogen-bond acceptors (Lipinski definition) is 5. The quantitative estimate of drug-likeness (QED) is 0.634. The zero-order valence-corrected chi connectivity index (χ0v) is 11.4. The van der Waals surface area contributed by atoms with Crippen LogP contribution in [0.1, 0.15) is 26.7 Å². The number of hydrazine groups is 1. The zero-order valence-electron chi connectivity index (χ0n) is 11.4. The first-order valence-electron chi connectivity index (χ1n) is 6.76. The van der Waals surface area contributed by atoms with E-state index in [9.17, 15) is 0 Å². The number of nitrogens with one attached hydrogen (secondary N) is 1. The molecule has 1 fully saturated rings. The van der Waals surface area contributed by atoms with E-state index in [-0.39, 0.29) is 0 Å². The van der Waals surface area contributed by atoms with Crippen LogP contribution in [-0.4, -0.2) is 27.0 Å². The predicted octanol–water partition coefficient (Wildman–Crippen LogP) is 1.64. The Hall–Kier alpha value is -1.82. The Labute approximate surface area is 112 Å². The number of anilines is 2. The van der Waals surface area contributed by atoms with Gasteiger partial charge in [-0.25, -0.2) is 15.8 Å². The van der Waals surface area contributed by atoms with Gasteiger partial charge in [0.05, 0.1) is 6.20 Å². The summed E-state index contributed by atoms with van der Waals surface area (Å²) in [6, 6.07) is 0.484. The fourth-order valence-corrected chi connectivity index (χ4v) is 2.76. The number of nitrogens with zero attached hydrogens (tertiary/aromatic N) is 4. The third-order valence-electron chi connectivity index (χ3n) is 3.89. The third kappa shape index (κ3) is 2.12. The molecular formula is C13H20N6. The highest BCUT2D eigenvalue weighted by Gasteiger charge is 2.26. The van der Waals surface area contributed by atoms with Gasteiger partial charge < -0.3 is 14.7 Å². The first-order chi connectivity index (χ1) is 9.19. The molecule has 0 saturated carbocycles. The number of piperidine rings is 1. The Balaban J connectivity index is 2.09. The average Bonchev–Trinajstić information content (AvgIpc) is 2.88. The van der Waals surface area contributed by atoms with Gasteiger partial charge in [0.15, 0.2) is 17.3 Å². The lowest BCUT2D eigenvalue weighted by Gasteiger charge is -2.37. The number of aromatic nitrogens is 3. The van der Waals surface area contributed by atoms with E-state index in [4.69, 9.17) is 5.84 Å². The maximum Gasteiger partial charge on any atom is 0.180 e. The number of fused-ring (bicyclic) bond motifs is 1. The molecule has 2 aromatic heterocycles. The minimum atomic E-state index is 0.484. The molecule has 1 aliphatic rings. The first-order valence-corrected chi connectivity index (χ1v) is 6.76. The minimum Gasteiger partial charge on any atom is -0.350 e. The topological polar surface area (TPSA) is 71.5 Å². The molecule has 3 N–H and O–H groups in total. The zero-order chi connectivity index (χ0) is 13.4. The van der Waals surface area contributed by atoms with Gasteiger partial charge in [-0.1, -0.05) is 6.92 Å². The van der Waals surface area contributed by atoms with Crippen molar-refractivity contribution in [3.8, 4) is 0 Å². The summed E-state index contributed by atoms with van der Waals surface area (Å²) < 4.78 is 1.96. The second kappa shape index (κ2) is 4.70. The van der Waals surface area contributed by atoms with E-state index in [0.29, 0.717) is 17.8 Å². The van der Waals surface area contributed by atoms with E-state index in [0.717, 1.165) is 18.0 Å². The van der Waals surface area contributed by atoms with E-state index >= 15 is 0 Å². The molecule has 0 bridgehead atoms. The molecule has 1 aliphatic heterocycles. The highest BCUT2D eigenvalue weighted by Crippen LogP contribution is 2.29. The van der Waals surface area contributed by atoms with Crippen LogP contribution in [-0.2, 0) is 0 Å². The molecule has 0 amide bonds. The molecule has 102 valence electrons. The molecule has 0 radical (unpaired) electrons. The highest BCUT2D eigenvalue weighted by molar-refractivity contribution is 5.67. The SMILES string of the molecule is CC1CCC(C)N(c2nc(NN)cn3ccnc23)C1. The largest absolute Gasteiger partial charge is 0.350 e. The smallest absolute Gasteiger partial charge is 0.180 e. The maximum atomic E-state index is 5.51. The number of nitrogens with two attached hydrogens (primary N) is 1. The molecule has 2 aromatic rings. The van der Waals surface area contributed by atoms with Crippen molar-refractivity contribution in [3.05, 3.63) is 18.6 Å². The van der Waals surface area contributed by atoms with Gasteiger partial charge in [0.25, 0.3) is 0 Å². The molecule has 0 aromatic carbocycles. The van der Waals surface area contributed by atoms with E-state index < -0.39 is 0 Å². The standard InChI is InChI=1S/C13H20N6/c1-9-3-4-10(2)19(7-9)13-12-15-5-6-18(12)8-11(16-13)17-14/h5-6,8-10,17H,3-4,7,14H2,1-2H3. The summed E-state index contributed by atoms with van der Waals surface area (Å²) in [7, 11) is 0. The van der Waals surface area contributed by atoms with Gasteiger partial charge in [0.1, 0.15) is 0 Å². The summed E-state index contributed by atoms with van der Waals surface area (Å²) >= 11 is 0. The second-order valence-corrected chi connectivity index (χ2v) is 5.44. The van der Waals surface area contributed by atoms with E-state index in [2.05, 4.69) is 34.1 Å². The molecule has 6 nitrogen and oxygen atoms in total. The van der Waals surface area contributed by atoms with Gasteiger partial charge in [0, 0.05) is 25.0 Å². The normalized spacial score (nSPS) is 23.8. The summed E-state index contributed by atoms with van der Waals surface area (Å²) in [5, 5.41) is 0. The lowest BCUT2D eigenvalue weighted by Crippen LogP contribution is -2.42. The minimum absolute atomic E-state index is 0.484. The first kappa shape index (κ1) is 12.2. The van der Waals surface area contributed by atoms with Crippen molar-refractivity contribution in [3.63, 3.8) is 0 Å². The Kier molecular flexibility index (Phi) is 3.02. The average molecular weight is 260 g/mol. The summed E-state index contributed by atoms with van der Waals surface area (Å²) in [6.07, 6.45) is 8.02. The molecule has 0 aliphatic carbocycles. The Morgan fingerprint density at radius 1 is 1.37 bits per heavy atom. The van der Waals surface area contributed by atoms with E-state index in [1.165, 1.54) is 12.8 Å². The molecule has 1 saturated heterocycles. The highest BCUT2D eigenvalue weighted by atomic mass is 15.3. The van der Waals surface area contributed by atoms with Crippen LogP contribution in [0, 0.1) is 5.92 Å². The van der Waals surface area contributed by atoms with Gasteiger partial charge in [-0.15, -0.1) is 0 Å². The molecule has 6 heteroatoms. The van der Waals surface area contributed by atoms with Gasteiger partial charge in [-0.2, -0.15) is 0 Å². The van der Waals surface area contributed by atoms with Crippen molar-refractivity contribution < 1.29 is 0 Å². The fourth-order valence-electron chi connectivity index (χ4n) is 2.76. The predicted molar refractivity (Wildman–Crippen MR) is 76.0 cm³/mol. The van der Waals surface area contributed by atoms with Crippen LogP contribution in [0.4, 0.5) is 11.6 Å². The summed E-state index contributed by atoms with van der Waals surface area (Å²) in [5.74, 6) is 7.76. The van der Waals surface area contributed by atoms with E-state index in [1.807, 2.05) is 16.8 Å². The van der Waals surface area contributed by atoms with E-state index in [1.54, 1.807) is 6.20 Å². The molecular weight excluding hydrogens is 240 g/mol. The van der Waals surface area contributed by atoms with Crippen LogP contribution >= 0.6 is 0 Å². The van der Waals surface area contributed by atoms with Crippen LogP contribution in [0.25, 0.3) is 5.65 Å². The number of nitrogen functional groups attached to an aromatic ring is 1. The van der Waals surface area contributed by atoms with Gasteiger partial charge in [0.2, 0.25) is 0 Å². The summed E-state index contributed by atoms with van der Waals surface area (Å²) in [4.78, 5) is 11.4. The number of rotatable bonds is 2. The molecule has 3 heterocycles. The fraction of sp³-hybridized carbons (Fsp3) is 0.538. The molecule has 19 heavy (non-hydrogen) atoms. The molecule has 0 spiro atoms. The lowest BCUT2D eigenvalue weighted by atomic mass is 9.95. The van der Waals surface area contributed by atoms with Crippen LogP contribution in [0.5, 0.6) is 0 Å². The maximum absolute atomic E-state index is 5.51. The molecule has 2 atom stereocenters. The van der Waals surface area contributed by atoms with Crippen molar-refractivity contribution >= 4 is 17.3 Å². The van der Waals surface area contributed by atoms with Crippen LogP contribution in [0.3, 0.4) is 0 Å². The summed E-state index contributed by atoms with van der Waals surface area (Å²) in [5.41, 5.74) is 3.52. The van der Waals surface area contributed by atoms with Crippen LogP contribution in [0.15, 0.2) is 18.6 Å². The van der Waals surface area contributed by atoms with Crippen molar-refractivity contribution in [2.45, 2.75) is 32.7 Å². The van der Waals surface area contributed by atoms with Gasteiger partial charge >= 0.3 is 0 Å². The number of imidazole rings is 1. The van der Waals surface area contributed by atoms with Crippen molar-refractivity contribution in [1.82, 2.24) is 14.4 Å². The Bertz CT molecular complexity index is 578. The molecule has 3 rings (SSSR count).